The van der Waals surface area contributed by atoms with E-state index < -0.39 is 41.8 Å². The fourth-order valence-electron chi connectivity index (χ4n) is 3.01. The van der Waals surface area contributed by atoms with Crippen LogP contribution in [0, 0.1) is 19.7 Å². The summed E-state index contributed by atoms with van der Waals surface area (Å²) in [6, 6.07) is 17.3. The predicted octanol–water partition coefficient (Wildman–Crippen LogP) is 3.92. The first-order chi connectivity index (χ1) is 16.7. The second-order valence-corrected chi connectivity index (χ2v) is 7.69. The molecule has 8 nitrogen and oxygen atoms in total. The number of hydrogen-bond donors (Lipinski definition) is 2. The summed E-state index contributed by atoms with van der Waals surface area (Å²) < 4.78 is 24.4. The molecule has 0 unspecified atom stereocenters. The normalized spacial score (nSPS) is 12.2. The van der Waals surface area contributed by atoms with Crippen LogP contribution in [-0.4, -0.2) is 41.1 Å². The van der Waals surface area contributed by atoms with E-state index in [1.165, 1.54) is 42.5 Å². The molecule has 3 aromatic rings. The zero-order chi connectivity index (χ0) is 25.5. The third-order valence-corrected chi connectivity index (χ3v) is 4.95. The Morgan fingerprint density at radius 3 is 1.66 bits per heavy atom. The summed E-state index contributed by atoms with van der Waals surface area (Å²) in [6.07, 6.45) is -4.35. The van der Waals surface area contributed by atoms with E-state index in [4.69, 9.17) is 9.47 Å². The molecule has 35 heavy (non-hydrogen) atoms. The summed E-state index contributed by atoms with van der Waals surface area (Å²) in [6.45, 7) is 3.59. The molecule has 0 heterocycles. The number of hydrogen-bond acceptors (Lipinski definition) is 6. The van der Waals surface area contributed by atoms with Crippen LogP contribution in [0.1, 0.15) is 31.8 Å². The Labute approximate surface area is 200 Å². The molecule has 0 radical (unpaired) electrons. The number of carbonyl (C=O) groups is 4. The maximum Gasteiger partial charge on any atom is 0.349 e. The van der Waals surface area contributed by atoms with Crippen LogP contribution in [0.3, 0.4) is 0 Å². The lowest BCUT2D eigenvalue weighted by Crippen LogP contribution is -2.48. The zero-order valence-corrected chi connectivity index (χ0v) is 18.9. The Morgan fingerprint density at radius 2 is 1.20 bits per heavy atom. The van der Waals surface area contributed by atoms with Gasteiger partial charge in [0.15, 0.2) is 0 Å². The molecule has 2 N–H and O–H groups in total. The van der Waals surface area contributed by atoms with Gasteiger partial charge in [-0.3, -0.25) is 4.79 Å². The molecule has 3 aromatic carbocycles. The highest BCUT2D eigenvalue weighted by Gasteiger charge is 2.41. The molecule has 0 bridgehead atoms. The average Bonchev–Trinajstić information content (AvgIpc) is 2.83. The van der Waals surface area contributed by atoms with E-state index in [9.17, 15) is 28.7 Å². The number of carboxylic acids is 1. The van der Waals surface area contributed by atoms with Gasteiger partial charge < -0.3 is 19.9 Å². The van der Waals surface area contributed by atoms with Crippen molar-refractivity contribution in [3.8, 4) is 0 Å². The number of halogens is 1. The largest absolute Gasteiger partial charge is 0.478 e. The zero-order valence-electron chi connectivity index (χ0n) is 18.9. The second-order valence-electron chi connectivity index (χ2n) is 7.69. The summed E-state index contributed by atoms with van der Waals surface area (Å²) in [5, 5.41) is 11.9. The minimum Gasteiger partial charge on any atom is -0.478 e. The molecule has 1 amide bonds. The first-order valence-corrected chi connectivity index (χ1v) is 10.5. The molecule has 0 saturated heterocycles. The van der Waals surface area contributed by atoms with Crippen LogP contribution in [0.15, 0.2) is 72.8 Å². The van der Waals surface area contributed by atoms with Gasteiger partial charge in [0.2, 0.25) is 12.2 Å². The number of para-hydroxylation sites is 1. The van der Waals surface area contributed by atoms with Crippen molar-refractivity contribution in [2.75, 3.05) is 5.32 Å². The van der Waals surface area contributed by atoms with Crippen LogP contribution >= 0.6 is 0 Å². The first kappa shape index (κ1) is 25.1. The van der Waals surface area contributed by atoms with E-state index in [-0.39, 0.29) is 16.8 Å². The number of rotatable bonds is 8. The van der Waals surface area contributed by atoms with Crippen molar-refractivity contribution in [3.05, 3.63) is 101 Å². The second kappa shape index (κ2) is 11.1. The van der Waals surface area contributed by atoms with Gasteiger partial charge in [0, 0.05) is 0 Å². The highest BCUT2D eigenvalue weighted by atomic mass is 19.1. The van der Waals surface area contributed by atoms with Crippen molar-refractivity contribution < 1.29 is 38.1 Å². The van der Waals surface area contributed by atoms with Gasteiger partial charge in [-0.1, -0.05) is 47.5 Å². The molecule has 0 aromatic heterocycles. The number of amides is 1. The van der Waals surface area contributed by atoms with Crippen LogP contribution in [0.5, 0.6) is 0 Å². The number of nitrogens with one attached hydrogen (secondary N) is 1. The number of carbonyl (C=O) groups excluding carboxylic acids is 3. The molecule has 2 atom stereocenters. The number of anilines is 1. The SMILES string of the molecule is Cc1ccc(C(=O)O[C@@H](C(=O)O)[C@@H](OC(=O)c2ccc(C)cc2)C(=O)Nc2ccccc2F)cc1. The lowest BCUT2D eigenvalue weighted by molar-refractivity contribution is -0.157. The van der Waals surface area contributed by atoms with E-state index >= 15 is 0 Å². The van der Waals surface area contributed by atoms with E-state index in [0.29, 0.717) is 0 Å². The van der Waals surface area contributed by atoms with Crippen molar-refractivity contribution in [2.24, 2.45) is 0 Å². The fourth-order valence-corrected chi connectivity index (χ4v) is 3.01. The number of aryl methyl sites for hydroxylation is 2. The van der Waals surface area contributed by atoms with Gasteiger partial charge >= 0.3 is 17.9 Å². The van der Waals surface area contributed by atoms with Gasteiger partial charge in [-0.2, -0.15) is 0 Å². The summed E-state index contributed by atoms with van der Waals surface area (Å²) in [5.41, 5.74) is 1.49. The lowest BCUT2D eigenvalue weighted by atomic mass is 10.1. The Bertz CT molecular complexity index is 1240. The van der Waals surface area contributed by atoms with Gasteiger partial charge in [-0.05, 0) is 50.2 Å². The van der Waals surface area contributed by atoms with Gasteiger partial charge in [-0.15, -0.1) is 0 Å². The Balaban J connectivity index is 1.91. The number of benzene rings is 3. The van der Waals surface area contributed by atoms with Crippen molar-refractivity contribution in [2.45, 2.75) is 26.1 Å². The van der Waals surface area contributed by atoms with Gasteiger partial charge in [-0.25, -0.2) is 18.8 Å². The van der Waals surface area contributed by atoms with E-state index in [1.54, 1.807) is 38.1 Å². The van der Waals surface area contributed by atoms with Crippen molar-refractivity contribution in [1.82, 2.24) is 0 Å². The lowest BCUT2D eigenvalue weighted by Gasteiger charge is -2.23. The van der Waals surface area contributed by atoms with Crippen molar-refractivity contribution in [1.29, 1.82) is 0 Å². The quantitative estimate of drug-likeness (QED) is 0.470. The molecule has 9 heteroatoms. The number of esters is 2. The highest BCUT2D eigenvalue weighted by Crippen LogP contribution is 2.18. The van der Waals surface area contributed by atoms with E-state index in [0.717, 1.165) is 17.2 Å². The van der Waals surface area contributed by atoms with Crippen LogP contribution in [-0.2, 0) is 19.1 Å². The smallest absolute Gasteiger partial charge is 0.349 e. The molecule has 180 valence electrons. The Hall–Kier alpha value is -4.53. The molecule has 0 fully saturated rings. The molecule has 3 rings (SSSR count). The third-order valence-electron chi connectivity index (χ3n) is 4.95. The predicted molar refractivity (Wildman–Crippen MR) is 123 cm³/mol. The minimum absolute atomic E-state index is 0.0278. The minimum atomic E-state index is -2.22. The first-order valence-electron chi connectivity index (χ1n) is 10.5. The van der Waals surface area contributed by atoms with Crippen molar-refractivity contribution in [3.63, 3.8) is 0 Å². The van der Waals surface area contributed by atoms with Gasteiger partial charge in [0.05, 0.1) is 16.8 Å². The molecular weight excluding hydrogens is 457 g/mol. The van der Waals surface area contributed by atoms with Crippen LogP contribution in [0.25, 0.3) is 0 Å². The molecule has 0 aliphatic rings. The maximum atomic E-state index is 14.1. The summed E-state index contributed by atoms with van der Waals surface area (Å²) in [5.74, 6) is -5.81. The van der Waals surface area contributed by atoms with Crippen LogP contribution in [0.2, 0.25) is 0 Å². The van der Waals surface area contributed by atoms with E-state index in [1.807, 2.05) is 0 Å². The monoisotopic (exact) mass is 479 g/mol. The van der Waals surface area contributed by atoms with Gasteiger partial charge in [0.1, 0.15) is 5.82 Å². The Morgan fingerprint density at radius 1 is 0.743 bits per heavy atom. The summed E-state index contributed by atoms with van der Waals surface area (Å²) >= 11 is 0. The molecule has 0 aliphatic carbocycles. The molecule has 0 saturated carbocycles. The average molecular weight is 479 g/mol. The summed E-state index contributed by atoms with van der Waals surface area (Å²) in [4.78, 5) is 50.3. The summed E-state index contributed by atoms with van der Waals surface area (Å²) in [7, 11) is 0. The highest BCUT2D eigenvalue weighted by molar-refractivity contribution is 6.01. The molecule has 0 spiro atoms. The number of carboxylic acid groups (broad SMARTS) is 1. The van der Waals surface area contributed by atoms with Crippen LogP contribution in [0.4, 0.5) is 10.1 Å². The standard InChI is InChI=1S/C26H22FNO7/c1-15-7-11-17(12-8-15)25(32)34-21(23(29)28-20-6-4-3-5-19(20)27)22(24(30)31)35-26(33)18-13-9-16(2)10-14-18/h3-14,21-22H,1-2H3,(H,28,29)(H,30,31)/t21-,22-/m1/s1. The number of ether oxygens (including phenoxy) is 2. The Kier molecular flexibility index (Phi) is 7.93. The van der Waals surface area contributed by atoms with Crippen molar-refractivity contribution >= 4 is 29.5 Å². The third kappa shape index (κ3) is 6.50. The van der Waals surface area contributed by atoms with Crippen LogP contribution < -0.4 is 5.32 Å². The van der Waals surface area contributed by atoms with Gasteiger partial charge in [0.25, 0.3) is 5.91 Å². The topological polar surface area (TPSA) is 119 Å². The fraction of sp³-hybridized carbons (Fsp3) is 0.154. The molecule has 0 aliphatic heterocycles. The van der Waals surface area contributed by atoms with E-state index in [2.05, 4.69) is 5.32 Å². The maximum absolute atomic E-state index is 14.1. The number of aliphatic carboxylic acids is 1. The molecular formula is C26H22FNO7.